The van der Waals surface area contributed by atoms with Gasteiger partial charge in [0.05, 0.1) is 5.56 Å². The van der Waals surface area contributed by atoms with Crippen LogP contribution in [0.25, 0.3) is 0 Å². The zero-order chi connectivity index (χ0) is 13.7. The number of hydrogen-bond donors (Lipinski definition) is 1. The standard InChI is InChI=1S/C14H16FNO3/c15-11-7-5-10(6-8-11)14(18)19-9-13(17)16-12-3-1-2-4-12/h5-8,12H,1-4,9H2,(H,16,17). The van der Waals surface area contributed by atoms with Crippen LogP contribution in [0.3, 0.4) is 0 Å². The number of ether oxygens (including phenoxy) is 1. The van der Waals surface area contributed by atoms with Gasteiger partial charge in [-0.15, -0.1) is 0 Å². The van der Waals surface area contributed by atoms with Crippen molar-refractivity contribution in [2.24, 2.45) is 0 Å². The minimum atomic E-state index is -0.624. The van der Waals surface area contributed by atoms with Crippen molar-refractivity contribution in [2.45, 2.75) is 31.7 Å². The molecule has 0 atom stereocenters. The fraction of sp³-hybridized carbons (Fsp3) is 0.429. The van der Waals surface area contributed by atoms with Gasteiger partial charge >= 0.3 is 5.97 Å². The monoisotopic (exact) mass is 265 g/mol. The van der Waals surface area contributed by atoms with E-state index >= 15 is 0 Å². The van der Waals surface area contributed by atoms with E-state index in [9.17, 15) is 14.0 Å². The summed E-state index contributed by atoms with van der Waals surface area (Å²) in [6, 6.07) is 5.21. The molecule has 0 unspecified atom stereocenters. The van der Waals surface area contributed by atoms with E-state index in [2.05, 4.69) is 5.32 Å². The lowest BCUT2D eigenvalue weighted by Gasteiger charge is -2.11. The zero-order valence-corrected chi connectivity index (χ0v) is 10.5. The van der Waals surface area contributed by atoms with Crippen molar-refractivity contribution in [3.63, 3.8) is 0 Å². The molecule has 1 fully saturated rings. The van der Waals surface area contributed by atoms with Gasteiger partial charge in [-0.05, 0) is 37.1 Å². The van der Waals surface area contributed by atoms with Crippen molar-refractivity contribution >= 4 is 11.9 Å². The summed E-state index contributed by atoms with van der Waals surface area (Å²) >= 11 is 0. The molecule has 1 N–H and O–H groups in total. The van der Waals surface area contributed by atoms with Gasteiger partial charge < -0.3 is 10.1 Å². The average molecular weight is 265 g/mol. The molecule has 0 saturated heterocycles. The predicted molar refractivity (Wildman–Crippen MR) is 67.1 cm³/mol. The van der Waals surface area contributed by atoms with Crippen molar-refractivity contribution < 1.29 is 18.7 Å². The lowest BCUT2D eigenvalue weighted by atomic mass is 10.2. The number of carbonyl (C=O) groups is 2. The second-order valence-electron chi connectivity index (χ2n) is 4.63. The number of carbonyl (C=O) groups excluding carboxylic acids is 2. The highest BCUT2D eigenvalue weighted by Gasteiger charge is 2.18. The van der Waals surface area contributed by atoms with Crippen molar-refractivity contribution in [1.29, 1.82) is 0 Å². The average Bonchev–Trinajstić information content (AvgIpc) is 2.89. The van der Waals surface area contributed by atoms with Gasteiger partial charge in [0.2, 0.25) is 0 Å². The number of rotatable bonds is 4. The molecule has 5 heteroatoms. The Labute approximate surface area is 110 Å². The van der Waals surface area contributed by atoms with E-state index in [0.29, 0.717) is 0 Å². The third-order valence-corrected chi connectivity index (χ3v) is 3.13. The molecule has 102 valence electrons. The molecule has 0 radical (unpaired) electrons. The highest BCUT2D eigenvalue weighted by molar-refractivity contribution is 5.91. The van der Waals surface area contributed by atoms with E-state index in [4.69, 9.17) is 4.74 Å². The molecule has 0 heterocycles. The van der Waals surface area contributed by atoms with Gasteiger partial charge in [0.15, 0.2) is 6.61 Å². The first kappa shape index (κ1) is 13.5. The number of hydrogen-bond acceptors (Lipinski definition) is 3. The Morgan fingerprint density at radius 1 is 1.21 bits per heavy atom. The van der Waals surface area contributed by atoms with E-state index in [0.717, 1.165) is 25.7 Å². The lowest BCUT2D eigenvalue weighted by molar-refractivity contribution is -0.124. The minimum Gasteiger partial charge on any atom is -0.452 e. The molecular weight excluding hydrogens is 249 g/mol. The summed E-state index contributed by atoms with van der Waals surface area (Å²) in [6.45, 7) is -0.299. The summed E-state index contributed by atoms with van der Waals surface area (Å²) in [5, 5.41) is 2.82. The number of halogens is 1. The van der Waals surface area contributed by atoms with Crippen LogP contribution in [-0.4, -0.2) is 24.5 Å². The molecule has 0 aromatic heterocycles. The largest absolute Gasteiger partial charge is 0.452 e. The van der Waals surface area contributed by atoms with E-state index in [1.165, 1.54) is 24.3 Å². The lowest BCUT2D eigenvalue weighted by Crippen LogP contribution is -2.35. The molecule has 2 rings (SSSR count). The second-order valence-corrected chi connectivity index (χ2v) is 4.63. The molecule has 1 aliphatic rings. The Balaban J connectivity index is 1.76. The first-order chi connectivity index (χ1) is 9.15. The third-order valence-electron chi connectivity index (χ3n) is 3.13. The van der Waals surface area contributed by atoms with E-state index in [1.807, 2.05) is 0 Å². The maximum Gasteiger partial charge on any atom is 0.338 e. The second kappa shape index (κ2) is 6.31. The van der Waals surface area contributed by atoms with Crippen molar-refractivity contribution in [3.8, 4) is 0 Å². The van der Waals surface area contributed by atoms with Crippen LogP contribution < -0.4 is 5.32 Å². The molecule has 1 amide bonds. The SMILES string of the molecule is O=C(COC(=O)c1ccc(F)cc1)NC1CCCC1. The van der Waals surface area contributed by atoms with Crippen LogP contribution in [0.2, 0.25) is 0 Å². The van der Waals surface area contributed by atoms with Crippen LogP contribution in [0.1, 0.15) is 36.0 Å². The molecule has 4 nitrogen and oxygen atoms in total. The van der Waals surface area contributed by atoms with Crippen molar-refractivity contribution in [2.75, 3.05) is 6.61 Å². The molecule has 0 spiro atoms. The van der Waals surface area contributed by atoms with Crippen molar-refractivity contribution in [3.05, 3.63) is 35.6 Å². The molecule has 0 aliphatic heterocycles. The Morgan fingerprint density at radius 3 is 2.47 bits per heavy atom. The molecule has 1 aliphatic carbocycles. The van der Waals surface area contributed by atoms with Gasteiger partial charge in [-0.2, -0.15) is 0 Å². The van der Waals surface area contributed by atoms with Crippen LogP contribution >= 0.6 is 0 Å². The molecule has 1 aromatic carbocycles. The first-order valence-corrected chi connectivity index (χ1v) is 6.37. The molecule has 19 heavy (non-hydrogen) atoms. The van der Waals surface area contributed by atoms with Gasteiger partial charge in [-0.3, -0.25) is 4.79 Å². The smallest absolute Gasteiger partial charge is 0.338 e. The quantitative estimate of drug-likeness (QED) is 0.848. The topological polar surface area (TPSA) is 55.4 Å². The predicted octanol–water partition coefficient (Wildman–Crippen LogP) is 2.04. The Kier molecular flexibility index (Phi) is 4.49. The maximum atomic E-state index is 12.7. The highest BCUT2D eigenvalue weighted by atomic mass is 19.1. The molecule has 1 saturated carbocycles. The summed E-state index contributed by atoms with van der Waals surface area (Å²) in [4.78, 5) is 23.1. The summed E-state index contributed by atoms with van der Waals surface area (Å²) in [5.74, 6) is -1.33. The Morgan fingerprint density at radius 2 is 1.84 bits per heavy atom. The number of esters is 1. The van der Waals surface area contributed by atoms with E-state index < -0.39 is 11.8 Å². The van der Waals surface area contributed by atoms with Gasteiger partial charge in [0.1, 0.15) is 5.82 Å². The first-order valence-electron chi connectivity index (χ1n) is 6.37. The van der Waals surface area contributed by atoms with Gasteiger partial charge in [-0.25, -0.2) is 9.18 Å². The minimum absolute atomic E-state index is 0.206. The molecule has 0 bridgehead atoms. The highest BCUT2D eigenvalue weighted by Crippen LogP contribution is 2.17. The number of nitrogens with one attached hydrogen (secondary N) is 1. The third kappa shape index (κ3) is 4.05. The van der Waals surface area contributed by atoms with Crippen LogP contribution in [0, 0.1) is 5.82 Å². The van der Waals surface area contributed by atoms with Crippen molar-refractivity contribution in [1.82, 2.24) is 5.32 Å². The summed E-state index contributed by atoms with van der Waals surface area (Å²) in [6.07, 6.45) is 4.22. The van der Waals surface area contributed by atoms with Crippen LogP contribution in [-0.2, 0) is 9.53 Å². The van der Waals surface area contributed by atoms with Crippen LogP contribution in [0.4, 0.5) is 4.39 Å². The summed E-state index contributed by atoms with van der Waals surface area (Å²) in [7, 11) is 0. The van der Waals surface area contributed by atoms with E-state index in [1.54, 1.807) is 0 Å². The summed E-state index contributed by atoms with van der Waals surface area (Å²) < 4.78 is 17.5. The fourth-order valence-electron chi connectivity index (χ4n) is 2.14. The van der Waals surface area contributed by atoms with Crippen LogP contribution in [0.5, 0.6) is 0 Å². The number of benzene rings is 1. The maximum absolute atomic E-state index is 12.7. The van der Waals surface area contributed by atoms with Gasteiger partial charge in [0, 0.05) is 6.04 Å². The Hall–Kier alpha value is -1.91. The van der Waals surface area contributed by atoms with Gasteiger partial charge in [-0.1, -0.05) is 12.8 Å². The fourth-order valence-corrected chi connectivity index (χ4v) is 2.14. The molecule has 1 aromatic rings. The zero-order valence-electron chi connectivity index (χ0n) is 10.5. The van der Waals surface area contributed by atoms with Gasteiger partial charge in [0.25, 0.3) is 5.91 Å². The van der Waals surface area contributed by atoms with E-state index in [-0.39, 0.29) is 24.1 Å². The van der Waals surface area contributed by atoms with Crippen LogP contribution in [0.15, 0.2) is 24.3 Å². The summed E-state index contributed by atoms with van der Waals surface area (Å²) in [5.41, 5.74) is 0.232. The number of amides is 1. The Bertz CT molecular complexity index is 452. The molecular formula is C14H16FNO3. The normalized spacial score (nSPS) is 15.2.